The molecule has 0 unspecified atom stereocenters. The maximum absolute atomic E-state index is 12.3. The van der Waals surface area contributed by atoms with E-state index in [1.165, 1.54) is 12.1 Å². The van der Waals surface area contributed by atoms with Crippen LogP contribution in [0, 0.1) is 10.1 Å². The number of benzene rings is 1. The molecule has 0 bridgehead atoms. The topological polar surface area (TPSA) is 117 Å². The lowest BCUT2D eigenvalue weighted by Crippen LogP contribution is -2.34. The quantitative estimate of drug-likeness (QED) is 0.730. The molecule has 1 heterocycles. The molecule has 0 spiro atoms. The third-order valence-electron chi connectivity index (χ3n) is 3.37. The second-order valence-corrected chi connectivity index (χ2v) is 7.63. The molecule has 0 aliphatic rings. The molecule has 2 rings (SSSR count). The zero-order valence-corrected chi connectivity index (χ0v) is 14.3. The molecule has 1 aromatic carbocycles. The summed E-state index contributed by atoms with van der Waals surface area (Å²) in [5.41, 5.74) is -0.571. The van der Waals surface area contributed by atoms with E-state index in [0.717, 1.165) is 18.5 Å². The highest BCUT2D eigenvalue weighted by Gasteiger charge is 2.19. The van der Waals surface area contributed by atoms with E-state index >= 15 is 0 Å². The number of amides is 1. The second kappa shape index (κ2) is 6.57. The molecule has 1 amide bonds. The molecule has 9 nitrogen and oxygen atoms in total. The average Bonchev–Trinajstić information content (AvgIpc) is 2.49. The Kier molecular flexibility index (Phi) is 4.90. The van der Waals surface area contributed by atoms with Crippen molar-refractivity contribution in [2.45, 2.75) is 4.90 Å². The maximum atomic E-state index is 12.3. The molecule has 0 saturated carbocycles. The fourth-order valence-electron chi connectivity index (χ4n) is 2.08. The Hall–Kier alpha value is -2.46. The van der Waals surface area contributed by atoms with Gasteiger partial charge in [-0.05, 0) is 26.2 Å². The second-order valence-electron chi connectivity index (χ2n) is 5.62. The predicted molar refractivity (Wildman–Crippen MR) is 88.1 cm³/mol. The molecule has 0 aliphatic heterocycles. The number of fused-ring (bicyclic) bond motifs is 1. The summed E-state index contributed by atoms with van der Waals surface area (Å²) in [4.78, 5) is 25.9. The average molecular weight is 354 g/mol. The van der Waals surface area contributed by atoms with Crippen molar-refractivity contribution in [3.8, 4) is 0 Å². The van der Waals surface area contributed by atoms with Crippen LogP contribution in [0.5, 0.6) is 0 Å². The van der Waals surface area contributed by atoms with Gasteiger partial charge >= 0.3 is 0 Å². The van der Waals surface area contributed by atoms with E-state index in [1.54, 1.807) is 0 Å². The van der Waals surface area contributed by atoms with Crippen LogP contribution in [0.4, 0.5) is 0 Å². The normalized spacial score (nSPS) is 11.8. The van der Waals surface area contributed by atoms with Crippen molar-refractivity contribution < 1.29 is 17.6 Å². The molecular formula is C14H18N4O5S. The van der Waals surface area contributed by atoms with Crippen molar-refractivity contribution in [2.24, 2.45) is 0 Å². The van der Waals surface area contributed by atoms with Gasteiger partial charge in [-0.15, -0.1) is 0 Å². The zero-order chi connectivity index (χ0) is 18.1. The summed E-state index contributed by atoms with van der Waals surface area (Å²) in [5, 5.41) is 14.9. The van der Waals surface area contributed by atoms with Gasteiger partial charge < -0.3 is 20.2 Å². The molecule has 0 saturated heterocycles. The summed E-state index contributed by atoms with van der Waals surface area (Å²) in [6, 6.07) is 3.54. The largest absolute Gasteiger partial charge is 0.805 e. The van der Waals surface area contributed by atoms with E-state index in [2.05, 4.69) is 5.32 Å². The smallest absolute Gasteiger partial charge is 0.287 e. The van der Waals surface area contributed by atoms with Gasteiger partial charge in [-0.25, -0.2) is 8.42 Å². The van der Waals surface area contributed by atoms with Crippen LogP contribution in [-0.4, -0.2) is 57.4 Å². The number of carbonyl (C=O) groups is 1. The van der Waals surface area contributed by atoms with Crippen LogP contribution in [0.25, 0.3) is 11.0 Å². The number of hydrogen-bond donors (Lipinski definition) is 1. The Balaban J connectivity index is 2.47. The first kappa shape index (κ1) is 17.9. The van der Waals surface area contributed by atoms with E-state index in [4.69, 9.17) is 0 Å². The number of nitrogens with one attached hydrogen (secondary N) is 1. The molecule has 0 aliphatic carbocycles. The lowest BCUT2D eigenvalue weighted by Gasteiger charge is -2.17. The van der Waals surface area contributed by atoms with Gasteiger partial charge in [0, 0.05) is 30.3 Å². The molecule has 1 N–H and O–H groups in total. The van der Waals surface area contributed by atoms with Crippen LogP contribution in [0.3, 0.4) is 0 Å². The summed E-state index contributed by atoms with van der Waals surface area (Å²) < 4.78 is 23.8. The fourth-order valence-corrected chi connectivity index (χ4v) is 2.72. The van der Waals surface area contributed by atoms with E-state index in [-0.39, 0.29) is 21.6 Å². The lowest BCUT2D eigenvalue weighted by atomic mass is 10.3. The Morgan fingerprint density at radius 1 is 1.38 bits per heavy atom. The third kappa shape index (κ3) is 3.71. The molecular weight excluding hydrogens is 336 g/mol. The zero-order valence-electron chi connectivity index (χ0n) is 13.5. The lowest BCUT2D eigenvalue weighted by molar-refractivity contribution is -0.464. The minimum Gasteiger partial charge on any atom is -0.805 e. The van der Waals surface area contributed by atoms with Crippen molar-refractivity contribution >= 4 is 26.8 Å². The maximum Gasteiger partial charge on any atom is 0.287 e. The first-order valence-corrected chi connectivity index (χ1v) is 8.93. The van der Waals surface area contributed by atoms with Crippen LogP contribution >= 0.6 is 0 Å². The summed E-state index contributed by atoms with van der Waals surface area (Å²) in [6.07, 6.45) is 1.84. The molecule has 0 atom stereocenters. The minimum atomic E-state index is -3.52. The molecule has 10 heteroatoms. The summed E-state index contributed by atoms with van der Waals surface area (Å²) in [5.74, 6) is -0.675. The van der Waals surface area contributed by atoms with E-state index in [0.29, 0.717) is 22.2 Å². The van der Waals surface area contributed by atoms with Gasteiger partial charge in [0.25, 0.3) is 17.6 Å². The van der Waals surface area contributed by atoms with Gasteiger partial charge in [-0.2, -0.15) is 0 Å². The number of sulfone groups is 1. The molecule has 1 aromatic heterocycles. The fraction of sp³-hybridized carbons (Fsp3) is 0.357. The van der Waals surface area contributed by atoms with Gasteiger partial charge in [0.1, 0.15) is 5.52 Å². The van der Waals surface area contributed by atoms with Gasteiger partial charge in [0.15, 0.2) is 15.5 Å². The van der Waals surface area contributed by atoms with Crippen molar-refractivity contribution in [1.29, 1.82) is 0 Å². The summed E-state index contributed by atoms with van der Waals surface area (Å²) in [7, 11) is 0.151. The van der Waals surface area contributed by atoms with Crippen molar-refractivity contribution in [2.75, 3.05) is 33.4 Å². The first-order chi connectivity index (χ1) is 11.1. The number of aromatic nitrogens is 2. The third-order valence-corrected chi connectivity index (χ3v) is 4.48. The van der Waals surface area contributed by atoms with Gasteiger partial charge in [-0.1, -0.05) is 0 Å². The Morgan fingerprint density at radius 2 is 2.04 bits per heavy atom. The van der Waals surface area contributed by atoms with Gasteiger partial charge in [0.05, 0.1) is 9.32 Å². The van der Waals surface area contributed by atoms with Crippen LogP contribution in [0.2, 0.25) is 0 Å². The number of nitrogens with zero attached hydrogens (tertiary/aromatic N) is 3. The van der Waals surface area contributed by atoms with Crippen molar-refractivity contribution in [3.05, 3.63) is 40.2 Å². The monoisotopic (exact) mass is 354 g/mol. The van der Waals surface area contributed by atoms with E-state index in [1.807, 2.05) is 19.0 Å². The van der Waals surface area contributed by atoms with Crippen molar-refractivity contribution in [1.82, 2.24) is 14.9 Å². The number of likely N-dealkylation sites (N-methyl/N-ethyl adjacent to an activating group) is 1. The Morgan fingerprint density at radius 3 is 2.62 bits per heavy atom. The number of carbonyl (C=O) groups excluding carboxylic acids is 1. The summed E-state index contributed by atoms with van der Waals surface area (Å²) >= 11 is 0. The van der Waals surface area contributed by atoms with E-state index < -0.39 is 15.7 Å². The van der Waals surface area contributed by atoms with Gasteiger partial charge in [0.2, 0.25) is 0 Å². The number of hydrogen-bond acceptors (Lipinski definition) is 6. The van der Waals surface area contributed by atoms with Gasteiger partial charge in [-0.3, -0.25) is 4.79 Å². The number of rotatable bonds is 5. The minimum absolute atomic E-state index is 0.0808. The van der Waals surface area contributed by atoms with E-state index in [9.17, 15) is 23.3 Å². The molecule has 130 valence electrons. The highest BCUT2D eigenvalue weighted by molar-refractivity contribution is 7.90. The van der Waals surface area contributed by atoms with Crippen LogP contribution in [-0.2, 0) is 9.84 Å². The molecule has 0 radical (unpaired) electrons. The standard InChI is InChI=1S/C14H18N4O5S/c1-16(2)7-6-15-14(19)13-9-17(20)12-8-10(24(3,22)23)4-5-11(12)18(13)21/h4-5,8-9H,6-7H2,1-3H3,(H,15,19). The summed E-state index contributed by atoms with van der Waals surface area (Å²) in [6.45, 7) is 0.892. The molecule has 24 heavy (non-hydrogen) atoms. The molecule has 0 fully saturated rings. The Bertz CT molecular complexity index is 950. The van der Waals surface area contributed by atoms with Crippen LogP contribution in [0.15, 0.2) is 29.3 Å². The van der Waals surface area contributed by atoms with Crippen LogP contribution < -0.4 is 9.74 Å². The van der Waals surface area contributed by atoms with Crippen molar-refractivity contribution in [3.63, 3.8) is 0 Å². The highest BCUT2D eigenvalue weighted by atomic mass is 32.2. The SMILES string of the molecule is CN(C)CCNC(=O)c1c[n+](=O)c2cc(S(C)(=O)=O)ccc2n1[O-]. The molecule has 2 aromatic rings. The Labute approximate surface area is 138 Å². The predicted octanol–water partition coefficient (Wildman–Crippen LogP) is -0.403. The first-order valence-electron chi connectivity index (χ1n) is 7.03. The highest BCUT2D eigenvalue weighted by Crippen LogP contribution is 2.17. The van der Waals surface area contributed by atoms with Crippen LogP contribution in [0.1, 0.15) is 10.5 Å².